The van der Waals surface area contributed by atoms with Gasteiger partial charge in [0.1, 0.15) is 5.82 Å². The van der Waals surface area contributed by atoms with Crippen LogP contribution in [0.3, 0.4) is 0 Å². The van der Waals surface area contributed by atoms with Gasteiger partial charge in [0.15, 0.2) is 0 Å². The van der Waals surface area contributed by atoms with Crippen molar-refractivity contribution in [3.8, 4) is 17.9 Å². The molecule has 0 unspecified atom stereocenters. The van der Waals surface area contributed by atoms with E-state index >= 15 is 0 Å². The third-order valence-electron chi connectivity index (χ3n) is 2.48. The highest BCUT2D eigenvalue weighted by molar-refractivity contribution is 5.70. The van der Waals surface area contributed by atoms with E-state index in [1.165, 1.54) is 24.5 Å². The molecule has 1 amide bonds. The van der Waals surface area contributed by atoms with E-state index in [2.05, 4.69) is 27.1 Å². The van der Waals surface area contributed by atoms with Gasteiger partial charge >= 0.3 is 12.1 Å². The van der Waals surface area contributed by atoms with Crippen LogP contribution in [-0.4, -0.2) is 21.6 Å². The fourth-order valence-corrected chi connectivity index (χ4v) is 1.53. The number of amides is 1. The zero-order valence-electron chi connectivity index (χ0n) is 13.1. The van der Waals surface area contributed by atoms with Crippen molar-refractivity contribution in [2.24, 2.45) is 0 Å². The molecule has 0 aliphatic rings. The van der Waals surface area contributed by atoms with Crippen LogP contribution in [0.25, 0.3) is 0 Å². The first-order valence-corrected chi connectivity index (χ1v) is 6.91. The normalized spacial score (nSPS) is 10.4. The molecule has 0 bridgehead atoms. The largest absolute Gasteiger partial charge is 0.415 e. The molecule has 1 N–H and O–H groups in total. The lowest BCUT2D eigenvalue weighted by atomic mass is 10.1. The Morgan fingerprint density at radius 1 is 1.09 bits per heavy atom. The van der Waals surface area contributed by atoms with Gasteiger partial charge in [0.25, 0.3) is 0 Å². The van der Waals surface area contributed by atoms with E-state index in [-0.39, 0.29) is 11.8 Å². The average Bonchev–Trinajstić information content (AvgIpc) is 2.46. The molecule has 0 radical (unpaired) electrons. The zero-order chi connectivity index (χ0) is 16.9. The number of hydrogen-bond donors (Lipinski definition) is 1. The lowest BCUT2D eigenvalue weighted by Crippen LogP contribution is -2.42. The van der Waals surface area contributed by atoms with Gasteiger partial charge in [-0.15, -0.1) is 0 Å². The molecule has 1 aromatic carbocycles. The van der Waals surface area contributed by atoms with Gasteiger partial charge in [-0.05, 0) is 45.0 Å². The number of benzene rings is 1. The van der Waals surface area contributed by atoms with Crippen LogP contribution in [0.15, 0.2) is 36.7 Å². The summed E-state index contributed by atoms with van der Waals surface area (Å²) in [5.41, 5.74) is 0.826. The Morgan fingerprint density at radius 3 is 2.22 bits per heavy atom. The second kappa shape index (κ2) is 6.88. The molecule has 2 aromatic rings. The predicted octanol–water partition coefficient (Wildman–Crippen LogP) is 2.90. The molecule has 0 aliphatic carbocycles. The molecule has 1 aromatic heterocycles. The smallest absolute Gasteiger partial charge is 0.374 e. The second-order valence-corrected chi connectivity index (χ2v) is 5.78. The van der Waals surface area contributed by atoms with Gasteiger partial charge in [0.05, 0.1) is 5.56 Å². The fourth-order valence-electron chi connectivity index (χ4n) is 1.53. The summed E-state index contributed by atoms with van der Waals surface area (Å²) in [6, 6.07) is 5.78. The Labute approximate surface area is 133 Å². The van der Waals surface area contributed by atoms with Crippen molar-refractivity contribution in [2.75, 3.05) is 0 Å². The van der Waals surface area contributed by atoms with Crippen molar-refractivity contribution < 1.29 is 13.9 Å². The summed E-state index contributed by atoms with van der Waals surface area (Å²) in [6.45, 7) is 5.51. The minimum Gasteiger partial charge on any atom is -0.374 e. The van der Waals surface area contributed by atoms with Crippen molar-refractivity contribution in [2.45, 2.75) is 26.3 Å². The van der Waals surface area contributed by atoms with Gasteiger partial charge in [0, 0.05) is 23.5 Å². The molecule has 6 heteroatoms. The predicted molar refractivity (Wildman–Crippen MR) is 83.3 cm³/mol. The van der Waals surface area contributed by atoms with Crippen LogP contribution in [0.5, 0.6) is 6.01 Å². The second-order valence-electron chi connectivity index (χ2n) is 5.78. The molecule has 0 spiro atoms. The number of rotatable bonds is 1. The highest BCUT2D eigenvalue weighted by atomic mass is 19.1. The van der Waals surface area contributed by atoms with E-state index in [0.717, 1.165) is 0 Å². The highest BCUT2D eigenvalue weighted by Crippen LogP contribution is 2.05. The summed E-state index contributed by atoms with van der Waals surface area (Å²) in [7, 11) is 0. The number of hydrogen-bond acceptors (Lipinski definition) is 4. The summed E-state index contributed by atoms with van der Waals surface area (Å²) in [5, 5.41) is 2.63. The van der Waals surface area contributed by atoms with Gasteiger partial charge in [0.2, 0.25) is 0 Å². The monoisotopic (exact) mass is 313 g/mol. The van der Waals surface area contributed by atoms with E-state index in [1.807, 2.05) is 20.8 Å². The zero-order valence-corrected chi connectivity index (χ0v) is 13.1. The maximum atomic E-state index is 12.8. The van der Waals surface area contributed by atoms with Crippen LogP contribution in [0, 0.1) is 17.7 Å². The van der Waals surface area contributed by atoms with Crippen LogP contribution in [0.4, 0.5) is 9.18 Å². The number of carbonyl (C=O) groups is 1. The highest BCUT2D eigenvalue weighted by Gasteiger charge is 2.15. The fraction of sp³-hybridized carbons (Fsp3) is 0.235. The van der Waals surface area contributed by atoms with Gasteiger partial charge in [-0.2, -0.15) is 0 Å². The summed E-state index contributed by atoms with van der Waals surface area (Å²) >= 11 is 0. The minimum absolute atomic E-state index is 0.0564. The molecular formula is C17H16FN3O2. The van der Waals surface area contributed by atoms with Crippen LogP contribution >= 0.6 is 0 Å². The lowest BCUT2D eigenvalue weighted by Gasteiger charge is -2.19. The lowest BCUT2D eigenvalue weighted by molar-refractivity contribution is 0.186. The van der Waals surface area contributed by atoms with Crippen LogP contribution in [-0.2, 0) is 0 Å². The molecule has 0 saturated carbocycles. The van der Waals surface area contributed by atoms with Gasteiger partial charge < -0.3 is 10.1 Å². The first kappa shape index (κ1) is 16.4. The van der Waals surface area contributed by atoms with Gasteiger partial charge in [-0.3, -0.25) is 0 Å². The van der Waals surface area contributed by atoms with Crippen molar-refractivity contribution in [1.29, 1.82) is 0 Å². The molecule has 118 valence electrons. The number of nitrogens with zero attached hydrogens (tertiary/aromatic N) is 2. The first-order chi connectivity index (χ1) is 10.8. The number of halogens is 1. The Hall–Kier alpha value is -2.94. The molecule has 5 nitrogen and oxygen atoms in total. The van der Waals surface area contributed by atoms with E-state index in [9.17, 15) is 9.18 Å². The maximum Gasteiger partial charge on any atom is 0.415 e. The number of aromatic nitrogens is 2. The topological polar surface area (TPSA) is 64.1 Å². The summed E-state index contributed by atoms with van der Waals surface area (Å²) in [5.74, 6) is 5.40. The van der Waals surface area contributed by atoms with E-state index < -0.39 is 11.6 Å². The minimum atomic E-state index is -0.623. The van der Waals surface area contributed by atoms with E-state index in [4.69, 9.17) is 4.74 Å². The number of ether oxygens (including phenoxy) is 1. The number of nitrogens with one attached hydrogen (secondary N) is 1. The summed E-state index contributed by atoms with van der Waals surface area (Å²) < 4.78 is 17.7. The third-order valence-corrected chi connectivity index (χ3v) is 2.48. The van der Waals surface area contributed by atoms with E-state index in [0.29, 0.717) is 11.1 Å². The average molecular weight is 313 g/mol. The van der Waals surface area contributed by atoms with Crippen molar-refractivity contribution in [1.82, 2.24) is 15.3 Å². The molecule has 0 atom stereocenters. The molecule has 2 rings (SSSR count). The Morgan fingerprint density at radius 2 is 1.65 bits per heavy atom. The van der Waals surface area contributed by atoms with E-state index in [1.54, 1.807) is 12.1 Å². The van der Waals surface area contributed by atoms with Crippen molar-refractivity contribution in [3.05, 3.63) is 53.6 Å². The molecule has 0 saturated heterocycles. The van der Waals surface area contributed by atoms with Crippen molar-refractivity contribution >= 4 is 6.09 Å². The third kappa shape index (κ3) is 5.75. The van der Waals surface area contributed by atoms with Crippen LogP contribution in [0.1, 0.15) is 31.9 Å². The molecule has 0 aliphatic heterocycles. The summed E-state index contributed by atoms with van der Waals surface area (Å²) in [6.07, 6.45) is 2.27. The standard InChI is InChI=1S/C17H16FN3O2/c1-17(2,3)21-16(22)23-15-19-10-13(11-20-15)5-4-12-6-8-14(18)9-7-12/h6-11H,1-3H3,(H,21,22). The quantitative estimate of drug-likeness (QED) is 0.822. The SMILES string of the molecule is CC(C)(C)NC(=O)Oc1ncc(C#Cc2ccc(F)cc2)cn1. The Balaban J connectivity index is 2.00. The van der Waals surface area contributed by atoms with Gasteiger partial charge in [-0.1, -0.05) is 11.8 Å². The molecular weight excluding hydrogens is 297 g/mol. The van der Waals surface area contributed by atoms with Crippen molar-refractivity contribution in [3.63, 3.8) is 0 Å². The van der Waals surface area contributed by atoms with Gasteiger partial charge in [-0.25, -0.2) is 19.2 Å². The van der Waals surface area contributed by atoms with Crippen LogP contribution in [0.2, 0.25) is 0 Å². The molecule has 1 heterocycles. The van der Waals surface area contributed by atoms with Crippen LogP contribution < -0.4 is 10.1 Å². The number of carbonyl (C=O) groups excluding carboxylic acids is 1. The summed E-state index contributed by atoms with van der Waals surface area (Å²) in [4.78, 5) is 19.4. The maximum absolute atomic E-state index is 12.8. The molecule has 23 heavy (non-hydrogen) atoms. The first-order valence-electron chi connectivity index (χ1n) is 6.91. The Bertz CT molecular complexity index is 739. The Kier molecular flexibility index (Phi) is 4.91. The molecule has 0 fully saturated rings.